The third-order valence-electron chi connectivity index (χ3n) is 3.23. The second-order valence-electron chi connectivity index (χ2n) is 5.25. The number of hydrazine groups is 1. The molecule has 2 aromatic rings. The molecule has 0 unspecified atom stereocenters. The quantitative estimate of drug-likeness (QED) is 0.248. The van der Waals surface area contributed by atoms with Crippen molar-refractivity contribution >= 4 is 39.7 Å². The Morgan fingerprint density at radius 1 is 1.21 bits per heavy atom. The largest absolute Gasteiger partial charge is 0.337 e. The van der Waals surface area contributed by atoms with Gasteiger partial charge in [-0.05, 0) is 42.7 Å². The minimum absolute atomic E-state index is 0.0998. The minimum atomic E-state index is -0.358. The van der Waals surface area contributed by atoms with Gasteiger partial charge in [-0.1, -0.05) is 0 Å². The molecule has 0 saturated heterocycles. The lowest BCUT2D eigenvalue weighted by Crippen LogP contribution is -2.40. The van der Waals surface area contributed by atoms with E-state index in [1.165, 1.54) is 28.7 Å². The number of rotatable bonds is 8. The number of anilines is 1. The third-order valence-corrected chi connectivity index (χ3v) is 5.08. The first-order valence-electron chi connectivity index (χ1n) is 7.59. The fourth-order valence-corrected chi connectivity index (χ4v) is 3.83. The van der Waals surface area contributed by atoms with Gasteiger partial charge >= 0.3 is 6.03 Å². The lowest BCUT2D eigenvalue weighted by atomic mass is 10.1. The summed E-state index contributed by atoms with van der Waals surface area (Å²) >= 11 is 3.19. The zero-order valence-electron chi connectivity index (χ0n) is 13.4. The molecular weight excluding hydrogens is 346 g/mol. The maximum Gasteiger partial charge on any atom is 0.328 e. The number of aryl methyl sites for hydroxylation is 3. The molecule has 24 heavy (non-hydrogen) atoms. The zero-order chi connectivity index (χ0) is 17.4. The summed E-state index contributed by atoms with van der Waals surface area (Å²) in [7, 11) is 0. The second-order valence-corrected chi connectivity index (χ2v) is 7.10. The molecule has 2 aromatic heterocycles. The molecule has 5 N–H and O–H groups in total. The fraction of sp³-hybridized carbons (Fsp3) is 0.400. The van der Waals surface area contributed by atoms with Crippen molar-refractivity contribution in [3.8, 4) is 0 Å². The Bertz CT molecular complexity index is 683. The van der Waals surface area contributed by atoms with Crippen molar-refractivity contribution in [2.75, 3.05) is 11.9 Å². The van der Waals surface area contributed by atoms with Gasteiger partial charge in [0, 0.05) is 23.7 Å². The molecule has 9 heteroatoms. The number of nitrogens with one attached hydrogen (secondary N) is 3. The van der Waals surface area contributed by atoms with Gasteiger partial charge in [0.25, 0.3) is 0 Å². The Morgan fingerprint density at radius 2 is 2.04 bits per heavy atom. The zero-order valence-corrected chi connectivity index (χ0v) is 15.1. The summed E-state index contributed by atoms with van der Waals surface area (Å²) in [6.45, 7) is 2.07. The summed E-state index contributed by atoms with van der Waals surface area (Å²) in [5.41, 5.74) is 4.31. The predicted molar refractivity (Wildman–Crippen MR) is 97.2 cm³/mol. The molecule has 2 rings (SSSR count). The van der Waals surface area contributed by atoms with Crippen LogP contribution >= 0.6 is 22.7 Å². The number of nitrogens with zero attached hydrogens (tertiary/aromatic N) is 1. The molecule has 0 aliphatic heterocycles. The summed E-state index contributed by atoms with van der Waals surface area (Å²) in [4.78, 5) is 27.6. The molecule has 0 aliphatic rings. The van der Waals surface area contributed by atoms with E-state index in [0.717, 1.165) is 31.4 Å². The molecule has 0 bridgehead atoms. The molecule has 0 aromatic carbocycles. The van der Waals surface area contributed by atoms with Gasteiger partial charge in [0.15, 0.2) is 5.13 Å². The van der Waals surface area contributed by atoms with Crippen molar-refractivity contribution in [1.29, 1.82) is 0 Å². The van der Waals surface area contributed by atoms with Crippen LogP contribution in [0, 0.1) is 0 Å². The first kappa shape index (κ1) is 18.4. The molecule has 0 saturated carbocycles. The van der Waals surface area contributed by atoms with E-state index in [1.807, 2.05) is 10.8 Å². The number of hydrogen-bond donors (Lipinski definition) is 4. The fourth-order valence-electron chi connectivity index (χ4n) is 2.11. The van der Waals surface area contributed by atoms with Gasteiger partial charge in [-0.25, -0.2) is 15.6 Å². The number of aromatic nitrogens is 1. The Hall–Kier alpha value is -1.97. The Labute approximate surface area is 148 Å². The molecule has 130 valence electrons. The standard InChI is InChI=1S/C15H21N5O2S2/c1-10(21)18-15-19-12(9-24-15)4-5-13-7-11(8-23-13)3-2-6-17-14(22)20-16/h7-9H,2-6,16H2,1H3,(H2,17,20,22)(H,18,19,21). The van der Waals surface area contributed by atoms with Crippen LogP contribution in [-0.2, 0) is 24.1 Å². The van der Waals surface area contributed by atoms with E-state index in [0.29, 0.717) is 11.7 Å². The molecule has 3 amide bonds. The number of carbonyl (C=O) groups is 2. The van der Waals surface area contributed by atoms with E-state index in [9.17, 15) is 9.59 Å². The third kappa shape index (κ3) is 6.26. The summed E-state index contributed by atoms with van der Waals surface area (Å²) in [6.07, 6.45) is 3.58. The number of urea groups is 1. The van der Waals surface area contributed by atoms with Crippen LogP contribution in [-0.4, -0.2) is 23.5 Å². The molecule has 0 atom stereocenters. The van der Waals surface area contributed by atoms with Crippen molar-refractivity contribution in [3.05, 3.63) is 33.0 Å². The lowest BCUT2D eigenvalue weighted by molar-refractivity contribution is -0.114. The van der Waals surface area contributed by atoms with Crippen LogP contribution in [0.2, 0.25) is 0 Å². The molecule has 0 aliphatic carbocycles. The number of hydrogen-bond acceptors (Lipinski definition) is 6. The van der Waals surface area contributed by atoms with Gasteiger partial charge in [0.05, 0.1) is 5.69 Å². The van der Waals surface area contributed by atoms with Gasteiger partial charge in [0.2, 0.25) is 5.91 Å². The van der Waals surface area contributed by atoms with Crippen LogP contribution in [0.3, 0.4) is 0 Å². The normalized spacial score (nSPS) is 10.4. The highest BCUT2D eigenvalue weighted by molar-refractivity contribution is 7.14. The summed E-state index contributed by atoms with van der Waals surface area (Å²) in [6, 6.07) is 1.84. The van der Waals surface area contributed by atoms with E-state index in [-0.39, 0.29) is 11.9 Å². The number of thiazole rings is 1. The summed E-state index contributed by atoms with van der Waals surface area (Å²) in [5.74, 6) is 4.89. The summed E-state index contributed by atoms with van der Waals surface area (Å²) in [5, 5.41) is 10.1. The van der Waals surface area contributed by atoms with E-state index in [1.54, 1.807) is 11.3 Å². The van der Waals surface area contributed by atoms with Crippen LogP contribution in [0.25, 0.3) is 0 Å². The van der Waals surface area contributed by atoms with Gasteiger partial charge in [-0.15, -0.1) is 22.7 Å². The average molecular weight is 368 g/mol. The van der Waals surface area contributed by atoms with E-state index < -0.39 is 0 Å². The summed E-state index contributed by atoms with van der Waals surface area (Å²) < 4.78 is 0. The average Bonchev–Trinajstić information content (AvgIpc) is 3.18. The van der Waals surface area contributed by atoms with Crippen LogP contribution in [0.5, 0.6) is 0 Å². The Morgan fingerprint density at radius 3 is 2.79 bits per heavy atom. The second kappa shape index (κ2) is 9.36. The predicted octanol–water partition coefficient (Wildman–Crippen LogP) is 2.05. The van der Waals surface area contributed by atoms with Crippen molar-refractivity contribution in [2.45, 2.75) is 32.6 Å². The molecule has 0 fully saturated rings. The topological polar surface area (TPSA) is 109 Å². The maximum atomic E-state index is 11.0. The smallest absolute Gasteiger partial charge is 0.328 e. The van der Waals surface area contributed by atoms with Crippen molar-refractivity contribution < 1.29 is 9.59 Å². The monoisotopic (exact) mass is 367 g/mol. The minimum Gasteiger partial charge on any atom is -0.337 e. The SMILES string of the molecule is CC(=O)Nc1nc(CCc2cc(CCCNC(=O)NN)cs2)cs1. The molecular formula is C15H21N5O2S2. The van der Waals surface area contributed by atoms with Crippen molar-refractivity contribution in [3.63, 3.8) is 0 Å². The molecule has 0 spiro atoms. The Balaban J connectivity index is 1.72. The van der Waals surface area contributed by atoms with Crippen molar-refractivity contribution in [2.24, 2.45) is 5.84 Å². The van der Waals surface area contributed by atoms with E-state index in [4.69, 9.17) is 5.84 Å². The number of thiophene rings is 1. The highest BCUT2D eigenvalue weighted by atomic mass is 32.1. The van der Waals surface area contributed by atoms with E-state index in [2.05, 4.69) is 27.1 Å². The molecule has 0 radical (unpaired) electrons. The molecule has 2 heterocycles. The first-order chi connectivity index (χ1) is 11.6. The number of carbonyl (C=O) groups excluding carboxylic acids is 2. The van der Waals surface area contributed by atoms with Gasteiger partial charge in [-0.2, -0.15) is 0 Å². The first-order valence-corrected chi connectivity index (χ1v) is 9.35. The van der Waals surface area contributed by atoms with Crippen LogP contribution < -0.4 is 21.9 Å². The highest BCUT2D eigenvalue weighted by Gasteiger charge is 2.06. The Kier molecular flexibility index (Phi) is 7.16. The molecule has 7 nitrogen and oxygen atoms in total. The lowest BCUT2D eigenvalue weighted by Gasteiger charge is -2.02. The maximum absolute atomic E-state index is 11.0. The number of nitrogens with two attached hydrogens (primary N) is 1. The van der Waals surface area contributed by atoms with E-state index >= 15 is 0 Å². The van der Waals surface area contributed by atoms with Crippen LogP contribution in [0.15, 0.2) is 16.8 Å². The van der Waals surface area contributed by atoms with Crippen molar-refractivity contribution in [1.82, 2.24) is 15.7 Å². The van der Waals surface area contributed by atoms with Gasteiger partial charge in [-0.3, -0.25) is 10.2 Å². The van der Waals surface area contributed by atoms with Crippen LogP contribution in [0.4, 0.5) is 9.93 Å². The number of amides is 3. The van der Waals surface area contributed by atoms with Crippen LogP contribution in [0.1, 0.15) is 29.5 Å². The van der Waals surface area contributed by atoms with Gasteiger partial charge in [0.1, 0.15) is 0 Å². The van der Waals surface area contributed by atoms with Gasteiger partial charge < -0.3 is 10.6 Å². The highest BCUT2D eigenvalue weighted by Crippen LogP contribution is 2.20.